The Balaban J connectivity index is 3.82. The Labute approximate surface area is 102 Å². The molecule has 0 radical (unpaired) electrons. The van der Waals surface area contributed by atoms with E-state index >= 15 is 0 Å². The van der Waals surface area contributed by atoms with Crippen LogP contribution in [0.25, 0.3) is 0 Å². The lowest BCUT2D eigenvalue weighted by molar-refractivity contribution is 0.270. The summed E-state index contributed by atoms with van der Waals surface area (Å²) in [6.45, 7) is 7.52. The second-order valence-electron chi connectivity index (χ2n) is 4.66. The van der Waals surface area contributed by atoms with E-state index in [2.05, 4.69) is 26.1 Å². The summed E-state index contributed by atoms with van der Waals surface area (Å²) < 4.78 is 11.8. The topological polar surface area (TPSA) is 49.3 Å². The largest absolute Gasteiger partial charge is 0.396 e. The summed E-state index contributed by atoms with van der Waals surface area (Å²) in [6, 6.07) is 0.206. The monoisotopic (exact) mass is 249 g/mol. The van der Waals surface area contributed by atoms with Gasteiger partial charge < -0.3 is 10.4 Å². The van der Waals surface area contributed by atoms with Crippen LogP contribution in [0.5, 0.6) is 0 Å². The zero-order valence-electron chi connectivity index (χ0n) is 10.9. The molecule has 3 nitrogen and oxygen atoms in total. The maximum absolute atomic E-state index is 11.8. The van der Waals surface area contributed by atoms with Crippen molar-refractivity contribution in [1.82, 2.24) is 5.32 Å². The van der Waals surface area contributed by atoms with Crippen LogP contribution < -0.4 is 5.32 Å². The van der Waals surface area contributed by atoms with E-state index < -0.39 is 10.8 Å². The Bertz CT molecular complexity index is 186. The van der Waals surface area contributed by atoms with Gasteiger partial charge in [-0.1, -0.05) is 20.8 Å². The highest BCUT2D eigenvalue weighted by Gasteiger charge is 2.11. The first-order valence-electron chi connectivity index (χ1n) is 6.29. The average molecular weight is 249 g/mol. The third kappa shape index (κ3) is 9.31. The standard InChI is InChI=1S/C12H27NO2S/c1-4-7-13-12(5-8-14)10-16(15)9-6-11(2)3/h11-14H,4-10H2,1-3H3. The molecule has 0 saturated heterocycles. The zero-order chi connectivity index (χ0) is 12.4. The number of aliphatic hydroxyl groups excluding tert-OH is 1. The fourth-order valence-corrected chi connectivity index (χ4v) is 3.06. The van der Waals surface area contributed by atoms with E-state index in [4.69, 9.17) is 5.11 Å². The summed E-state index contributed by atoms with van der Waals surface area (Å²) in [5.74, 6) is 2.07. The van der Waals surface area contributed by atoms with Crippen molar-refractivity contribution in [2.24, 2.45) is 5.92 Å². The number of nitrogens with one attached hydrogen (secondary N) is 1. The van der Waals surface area contributed by atoms with Crippen LogP contribution in [0.3, 0.4) is 0 Å². The van der Waals surface area contributed by atoms with Gasteiger partial charge in [0.05, 0.1) is 0 Å². The first-order valence-corrected chi connectivity index (χ1v) is 7.78. The highest BCUT2D eigenvalue weighted by atomic mass is 32.2. The SMILES string of the molecule is CCCNC(CCO)CS(=O)CCC(C)C. The van der Waals surface area contributed by atoms with Gasteiger partial charge in [0.2, 0.25) is 0 Å². The van der Waals surface area contributed by atoms with E-state index in [1.165, 1.54) is 0 Å². The van der Waals surface area contributed by atoms with Crippen LogP contribution in [0, 0.1) is 5.92 Å². The Morgan fingerprint density at radius 2 is 2.00 bits per heavy atom. The summed E-state index contributed by atoms with van der Waals surface area (Å²) >= 11 is 0. The predicted octanol–water partition coefficient (Wildman–Crippen LogP) is 1.53. The summed E-state index contributed by atoms with van der Waals surface area (Å²) in [5, 5.41) is 12.3. The Morgan fingerprint density at radius 1 is 1.31 bits per heavy atom. The molecular weight excluding hydrogens is 222 g/mol. The van der Waals surface area contributed by atoms with Gasteiger partial charge in [-0.15, -0.1) is 0 Å². The molecule has 0 aliphatic heterocycles. The maximum Gasteiger partial charge on any atom is 0.0446 e. The smallest absolute Gasteiger partial charge is 0.0446 e. The molecule has 2 atom stereocenters. The highest BCUT2D eigenvalue weighted by Crippen LogP contribution is 2.03. The Morgan fingerprint density at radius 3 is 2.50 bits per heavy atom. The van der Waals surface area contributed by atoms with Crippen molar-refractivity contribution < 1.29 is 9.32 Å². The molecule has 0 saturated carbocycles. The van der Waals surface area contributed by atoms with Gasteiger partial charge in [0.25, 0.3) is 0 Å². The van der Waals surface area contributed by atoms with Crippen molar-refractivity contribution in [1.29, 1.82) is 0 Å². The molecule has 0 heterocycles. The van der Waals surface area contributed by atoms with Crippen molar-refractivity contribution in [2.45, 2.75) is 46.1 Å². The average Bonchev–Trinajstić information content (AvgIpc) is 2.23. The molecular formula is C12H27NO2S. The van der Waals surface area contributed by atoms with Gasteiger partial charge in [0.15, 0.2) is 0 Å². The van der Waals surface area contributed by atoms with Gasteiger partial charge in [-0.3, -0.25) is 4.21 Å². The molecule has 4 heteroatoms. The van der Waals surface area contributed by atoms with Crippen molar-refractivity contribution in [3.05, 3.63) is 0 Å². The van der Waals surface area contributed by atoms with Gasteiger partial charge in [0, 0.05) is 35.0 Å². The normalized spacial score (nSPS) is 15.3. The molecule has 98 valence electrons. The second-order valence-corrected chi connectivity index (χ2v) is 6.28. The Hall–Kier alpha value is 0.0700. The minimum atomic E-state index is -0.749. The molecule has 0 aliphatic rings. The minimum absolute atomic E-state index is 0.169. The van der Waals surface area contributed by atoms with E-state index in [-0.39, 0.29) is 12.6 Å². The molecule has 0 amide bonds. The van der Waals surface area contributed by atoms with Gasteiger partial charge in [-0.2, -0.15) is 0 Å². The molecule has 0 bridgehead atoms. The lowest BCUT2D eigenvalue weighted by Crippen LogP contribution is -2.36. The van der Waals surface area contributed by atoms with Crippen LogP contribution in [0.15, 0.2) is 0 Å². The highest BCUT2D eigenvalue weighted by molar-refractivity contribution is 7.85. The van der Waals surface area contributed by atoms with Gasteiger partial charge in [-0.05, 0) is 31.7 Å². The lowest BCUT2D eigenvalue weighted by Gasteiger charge is -2.17. The molecule has 0 aromatic carbocycles. The van der Waals surface area contributed by atoms with Gasteiger partial charge in [-0.25, -0.2) is 0 Å². The molecule has 0 spiro atoms. The van der Waals surface area contributed by atoms with Gasteiger partial charge in [0.1, 0.15) is 0 Å². The van der Waals surface area contributed by atoms with Crippen LogP contribution >= 0.6 is 0 Å². The van der Waals surface area contributed by atoms with Crippen molar-refractivity contribution in [3.8, 4) is 0 Å². The summed E-state index contributed by atoms with van der Waals surface area (Å²) in [4.78, 5) is 0. The van der Waals surface area contributed by atoms with Crippen molar-refractivity contribution >= 4 is 10.8 Å². The van der Waals surface area contributed by atoms with E-state index in [0.29, 0.717) is 18.1 Å². The van der Waals surface area contributed by atoms with Crippen LogP contribution in [-0.2, 0) is 10.8 Å². The quantitative estimate of drug-likeness (QED) is 0.617. The van der Waals surface area contributed by atoms with Crippen LogP contribution in [0.4, 0.5) is 0 Å². The first-order chi connectivity index (χ1) is 7.60. The first kappa shape index (κ1) is 16.1. The molecule has 0 aromatic heterocycles. The van der Waals surface area contributed by atoms with Gasteiger partial charge >= 0.3 is 0 Å². The van der Waals surface area contributed by atoms with E-state index in [0.717, 1.165) is 25.1 Å². The number of hydrogen-bond donors (Lipinski definition) is 2. The van der Waals surface area contributed by atoms with Crippen LogP contribution in [0.1, 0.15) is 40.0 Å². The maximum atomic E-state index is 11.8. The third-order valence-electron chi connectivity index (χ3n) is 2.47. The molecule has 0 aromatic rings. The van der Waals surface area contributed by atoms with E-state index in [1.807, 2.05) is 0 Å². The second kappa shape index (κ2) is 10.2. The van der Waals surface area contributed by atoms with Crippen molar-refractivity contribution in [2.75, 3.05) is 24.7 Å². The van der Waals surface area contributed by atoms with Crippen molar-refractivity contribution in [3.63, 3.8) is 0 Å². The molecule has 0 rings (SSSR count). The molecule has 2 unspecified atom stereocenters. The Kier molecular flexibility index (Phi) is 10.3. The molecule has 0 fully saturated rings. The predicted molar refractivity (Wildman–Crippen MR) is 71.1 cm³/mol. The van der Waals surface area contributed by atoms with E-state index in [9.17, 15) is 4.21 Å². The molecule has 0 aliphatic carbocycles. The summed E-state index contributed by atoms with van der Waals surface area (Å²) in [6.07, 6.45) is 2.79. The fourth-order valence-electron chi connectivity index (χ4n) is 1.42. The summed E-state index contributed by atoms with van der Waals surface area (Å²) in [5.41, 5.74) is 0. The zero-order valence-corrected chi connectivity index (χ0v) is 11.7. The summed E-state index contributed by atoms with van der Waals surface area (Å²) in [7, 11) is -0.749. The molecule has 2 N–H and O–H groups in total. The number of aliphatic hydroxyl groups is 1. The number of hydrogen-bond acceptors (Lipinski definition) is 3. The third-order valence-corrected chi connectivity index (χ3v) is 3.94. The lowest BCUT2D eigenvalue weighted by atomic mass is 10.2. The van der Waals surface area contributed by atoms with Crippen LogP contribution in [0.2, 0.25) is 0 Å². The molecule has 16 heavy (non-hydrogen) atoms. The van der Waals surface area contributed by atoms with Crippen LogP contribution in [-0.4, -0.2) is 40.0 Å². The fraction of sp³-hybridized carbons (Fsp3) is 1.00. The minimum Gasteiger partial charge on any atom is -0.396 e. The van der Waals surface area contributed by atoms with E-state index in [1.54, 1.807) is 0 Å². The number of rotatable bonds is 10.